The molecule has 1 atom stereocenters. The number of carbonyl (C=O) groups excluding carboxylic acids is 2. The van der Waals surface area contributed by atoms with Crippen molar-refractivity contribution < 1.29 is 19.2 Å². The quantitative estimate of drug-likeness (QED) is 0.496. The van der Waals surface area contributed by atoms with Crippen molar-refractivity contribution >= 4 is 35.0 Å². The summed E-state index contributed by atoms with van der Waals surface area (Å²) in [5, 5.41) is 13.8. The summed E-state index contributed by atoms with van der Waals surface area (Å²) >= 11 is 5.70. The van der Waals surface area contributed by atoms with Crippen molar-refractivity contribution in [2.45, 2.75) is 20.0 Å². The third kappa shape index (κ3) is 4.74. The largest absolute Gasteiger partial charge is 0.449 e. The molecule has 25 heavy (non-hydrogen) atoms. The van der Waals surface area contributed by atoms with Crippen LogP contribution in [0.2, 0.25) is 5.02 Å². The third-order valence-corrected chi connectivity index (χ3v) is 3.50. The number of nitro groups is 1. The minimum absolute atomic E-state index is 0.0124. The molecule has 9 heteroatoms. The lowest BCUT2D eigenvalue weighted by molar-refractivity contribution is -0.385. The van der Waals surface area contributed by atoms with Crippen molar-refractivity contribution in [2.75, 3.05) is 5.32 Å². The number of aryl methyl sites for hydroxylation is 1. The van der Waals surface area contributed by atoms with Gasteiger partial charge in [-0.05, 0) is 32.0 Å². The van der Waals surface area contributed by atoms with Gasteiger partial charge in [0.25, 0.3) is 11.6 Å². The number of hydrogen-bond acceptors (Lipinski definition) is 6. The Morgan fingerprint density at radius 1 is 1.32 bits per heavy atom. The summed E-state index contributed by atoms with van der Waals surface area (Å²) in [6.07, 6.45) is 0.240. The number of nitrogens with one attached hydrogen (secondary N) is 1. The molecular formula is C16H14ClN3O5. The molecule has 0 aliphatic heterocycles. The van der Waals surface area contributed by atoms with Crippen LogP contribution in [0.15, 0.2) is 36.5 Å². The number of benzene rings is 1. The first-order valence-corrected chi connectivity index (χ1v) is 7.54. The zero-order chi connectivity index (χ0) is 18.6. The number of nitro benzene ring substituents is 1. The Kier molecular flexibility index (Phi) is 5.66. The highest BCUT2D eigenvalue weighted by Gasteiger charge is 2.21. The minimum Gasteiger partial charge on any atom is -0.449 e. The average Bonchev–Trinajstić information content (AvgIpc) is 2.56. The number of esters is 1. The number of aromatic nitrogens is 1. The van der Waals surface area contributed by atoms with E-state index in [0.29, 0.717) is 10.6 Å². The first-order valence-electron chi connectivity index (χ1n) is 7.16. The van der Waals surface area contributed by atoms with Crippen LogP contribution >= 0.6 is 11.6 Å². The Labute approximate surface area is 147 Å². The van der Waals surface area contributed by atoms with Gasteiger partial charge in [0.15, 0.2) is 6.10 Å². The van der Waals surface area contributed by atoms with E-state index in [1.807, 2.05) is 0 Å². The number of ether oxygens (including phenoxy) is 1. The van der Waals surface area contributed by atoms with Gasteiger partial charge in [-0.3, -0.25) is 14.9 Å². The number of pyridine rings is 1. The van der Waals surface area contributed by atoms with Crippen molar-refractivity contribution in [3.63, 3.8) is 0 Å². The van der Waals surface area contributed by atoms with E-state index >= 15 is 0 Å². The zero-order valence-electron chi connectivity index (χ0n) is 13.4. The molecule has 1 aromatic heterocycles. The zero-order valence-corrected chi connectivity index (χ0v) is 14.1. The molecule has 2 aromatic rings. The van der Waals surface area contributed by atoms with Gasteiger partial charge in [-0.1, -0.05) is 17.7 Å². The molecule has 0 saturated heterocycles. The number of nitrogens with zero attached hydrogens (tertiary/aromatic N) is 2. The fourth-order valence-corrected chi connectivity index (χ4v) is 2.00. The van der Waals surface area contributed by atoms with E-state index in [4.69, 9.17) is 16.3 Å². The van der Waals surface area contributed by atoms with Gasteiger partial charge in [0.05, 0.1) is 15.5 Å². The summed E-state index contributed by atoms with van der Waals surface area (Å²) < 4.78 is 5.04. The van der Waals surface area contributed by atoms with Gasteiger partial charge in [-0.15, -0.1) is 0 Å². The van der Waals surface area contributed by atoms with E-state index in [1.54, 1.807) is 13.0 Å². The molecule has 2 rings (SSSR count). The monoisotopic (exact) mass is 363 g/mol. The number of amides is 1. The number of hydrogen-bond donors (Lipinski definition) is 1. The predicted molar refractivity (Wildman–Crippen MR) is 90.6 cm³/mol. The number of rotatable bonds is 5. The van der Waals surface area contributed by atoms with Gasteiger partial charge >= 0.3 is 5.97 Å². The van der Waals surface area contributed by atoms with E-state index in [2.05, 4.69) is 10.3 Å². The maximum Gasteiger partial charge on any atom is 0.339 e. The van der Waals surface area contributed by atoms with Crippen molar-refractivity contribution in [1.82, 2.24) is 4.98 Å². The van der Waals surface area contributed by atoms with E-state index in [9.17, 15) is 19.7 Å². The molecule has 130 valence electrons. The summed E-state index contributed by atoms with van der Waals surface area (Å²) in [5.41, 5.74) is 0.208. The first-order chi connectivity index (χ1) is 11.8. The molecule has 0 aliphatic carbocycles. The Morgan fingerprint density at radius 3 is 2.64 bits per heavy atom. The molecule has 1 amide bonds. The average molecular weight is 364 g/mol. The van der Waals surface area contributed by atoms with Crippen LogP contribution in [0.5, 0.6) is 0 Å². The fraction of sp³-hybridized carbons (Fsp3) is 0.188. The molecule has 0 unspecified atom stereocenters. The third-order valence-electron chi connectivity index (χ3n) is 3.27. The second-order valence-corrected chi connectivity index (χ2v) is 5.59. The van der Waals surface area contributed by atoms with Crippen LogP contribution in [0.25, 0.3) is 0 Å². The topological polar surface area (TPSA) is 111 Å². The summed E-state index contributed by atoms with van der Waals surface area (Å²) in [7, 11) is 0. The van der Waals surface area contributed by atoms with Gasteiger partial charge in [-0.2, -0.15) is 0 Å². The molecule has 0 radical (unpaired) electrons. The smallest absolute Gasteiger partial charge is 0.339 e. The lowest BCUT2D eigenvalue weighted by Crippen LogP contribution is -2.30. The second-order valence-electron chi connectivity index (χ2n) is 5.16. The van der Waals surface area contributed by atoms with Gasteiger partial charge in [0.1, 0.15) is 5.82 Å². The fourth-order valence-electron chi connectivity index (χ4n) is 1.89. The van der Waals surface area contributed by atoms with E-state index < -0.39 is 22.9 Å². The highest BCUT2D eigenvalue weighted by Crippen LogP contribution is 2.20. The van der Waals surface area contributed by atoms with Crippen LogP contribution in [0.3, 0.4) is 0 Å². The molecule has 0 fully saturated rings. The molecule has 1 N–H and O–H groups in total. The van der Waals surface area contributed by atoms with E-state index in [-0.39, 0.29) is 17.1 Å². The number of carbonyl (C=O) groups is 2. The minimum atomic E-state index is -1.12. The molecule has 1 aromatic carbocycles. The lowest BCUT2D eigenvalue weighted by Gasteiger charge is -2.13. The van der Waals surface area contributed by atoms with Crippen LogP contribution < -0.4 is 5.32 Å². The summed E-state index contributed by atoms with van der Waals surface area (Å²) in [5.74, 6) is -1.18. The maximum atomic E-state index is 12.1. The normalized spacial score (nSPS) is 11.5. The Hall–Kier alpha value is -3.00. The Bertz CT molecular complexity index is 823. The molecule has 8 nitrogen and oxygen atoms in total. The van der Waals surface area contributed by atoms with Gasteiger partial charge in [0, 0.05) is 17.8 Å². The molecule has 0 aliphatic rings. The van der Waals surface area contributed by atoms with Gasteiger partial charge in [-0.25, -0.2) is 9.78 Å². The maximum absolute atomic E-state index is 12.1. The van der Waals surface area contributed by atoms with Crippen LogP contribution in [-0.2, 0) is 9.53 Å². The van der Waals surface area contributed by atoms with E-state index in [1.165, 1.54) is 31.3 Å². The Morgan fingerprint density at radius 2 is 2.04 bits per heavy atom. The van der Waals surface area contributed by atoms with Crippen LogP contribution in [0, 0.1) is 17.0 Å². The van der Waals surface area contributed by atoms with Crippen molar-refractivity contribution in [3.05, 3.63) is 62.8 Å². The number of halogens is 1. The van der Waals surface area contributed by atoms with Crippen molar-refractivity contribution in [2.24, 2.45) is 0 Å². The molecule has 0 bridgehead atoms. The standard InChI is InChI=1S/C16H14ClN3O5/c1-9-3-4-11(7-13(9)20(23)24)16(22)25-10(2)15(21)19-14-6-5-12(17)8-18-14/h3-8,10H,1-2H3,(H,18,19,21)/t10-/m0/s1. The highest BCUT2D eigenvalue weighted by atomic mass is 35.5. The van der Waals surface area contributed by atoms with Crippen molar-refractivity contribution in [1.29, 1.82) is 0 Å². The molecule has 0 spiro atoms. The molecular weight excluding hydrogens is 350 g/mol. The van der Waals surface area contributed by atoms with Crippen LogP contribution in [-0.4, -0.2) is 27.9 Å². The summed E-state index contributed by atoms with van der Waals surface area (Å²) in [4.78, 5) is 38.3. The summed E-state index contributed by atoms with van der Waals surface area (Å²) in [6.45, 7) is 2.94. The Balaban J connectivity index is 2.04. The summed E-state index contributed by atoms with van der Waals surface area (Å²) in [6, 6.07) is 7.00. The van der Waals surface area contributed by atoms with Crippen molar-refractivity contribution in [3.8, 4) is 0 Å². The first kappa shape index (κ1) is 18.3. The predicted octanol–water partition coefficient (Wildman–Crippen LogP) is 3.14. The van der Waals surface area contributed by atoms with Crippen LogP contribution in [0.1, 0.15) is 22.8 Å². The molecule has 0 saturated carbocycles. The highest BCUT2D eigenvalue weighted by molar-refractivity contribution is 6.30. The molecule has 1 heterocycles. The van der Waals surface area contributed by atoms with Gasteiger partial charge in [0.2, 0.25) is 0 Å². The van der Waals surface area contributed by atoms with E-state index in [0.717, 1.165) is 6.07 Å². The SMILES string of the molecule is Cc1ccc(C(=O)O[C@@H](C)C(=O)Nc2ccc(Cl)cn2)cc1[N+](=O)[O-]. The van der Waals surface area contributed by atoms with Gasteiger partial charge < -0.3 is 10.1 Å². The second kappa shape index (κ2) is 7.71. The van der Waals surface area contributed by atoms with Crippen LogP contribution in [0.4, 0.5) is 11.5 Å². The number of anilines is 1. The lowest BCUT2D eigenvalue weighted by atomic mass is 10.1.